The lowest BCUT2D eigenvalue weighted by atomic mass is 10.2. The maximum absolute atomic E-state index is 12.7. The number of alkyl halides is 3. The molecule has 0 fully saturated rings. The van der Waals surface area contributed by atoms with Gasteiger partial charge in [0, 0.05) is 12.6 Å². The first-order valence-corrected chi connectivity index (χ1v) is 6.78. The van der Waals surface area contributed by atoms with Crippen LogP contribution >= 0.6 is 0 Å². The molecule has 0 aliphatic heterocycles. The van der Waals surface area contributed by atoms with Crippen molar-refractivity contribution in [1.29, 1.82) is 0 Å². The molecule has 0 unspecified atom stereocenters. The van der Waals surface area contributed by atoms with E-state index < -0.39 is 11.7 Å². The lowest BCUT2D eigenvalue weighted by Crippen LogP contribution is -2.06. The van der Waals surface area contributed by atoms with E-state index in [0.29, 0.717) is 0 Å². The fourth-order valence-electron chi connectivity index (χ4n) is 2.40. The van der Waals surface area contributed by atoms with Crippen LogP contribution in [0.25, 0.3) is 10.9 Å². The number of hydrogen-bond acceptors (Lipinski definition) is 1. The predicted octanol–water partition coefficient (Wildman–Crippen LogP) is 4.78. The highest BCUT2D eigenvalue weighted by Gasteiger charge is 2.30. The molecule has 0 atom stereocenters. The molecule has 0 spiro atoms. The molecule has 0 aliphatic carbocycles. The van der Waals surface area contributed by atoms with Crippen molar-refractivity contribution in [3.8, 4) is 5.75 Å². The molecule has 0 saturated heterocycles. The van der Waals surface area contributed by atoms with Gasteiger partial charge in [0.1, 0.15) is 12.4 Å². The summed E-state index contributed by atoms with van der Waals surface area (Å²) in [5, 5.41) is 1.08. The Hall–Kier alpha value is -2.43. The van der Waals surface area contributed by atoms with E-state index in [1.807, 2.05) is 41.9 Å². The minimum atomic E-state index is -4.36. The first kappa shape index (κ1) is 14.5. The number of halogens is 3. The normalized spacial score (nSPS) is 11.8. The molecular weight excluding hydrogens is 291 g/mol. The van der Waals surface area contributed by atoms with Crippen molar-refractivity contribution in [3.63, 3.8) is 0 Å². The Balaban J connectivity index is 1.81. The van der Waals surface area contributed by atoms with Crippen LogP contribution in [0, 0.1) is 0 Å². The molecule has 2 aromatic carbocycles. The molecule has 1 aromatic heterocycles. The number of hydrogen-bond donors (Lipinski definition) is 0. The zero-order valence-corrected chi connectivity index (χ0v) is 11.9. The summed E-state index contributed by atoms with van der Waals surface area (Å²) in [6, 6.07) is 14.8. The summed E-state index contributed by atoms with van der Waals surface area (Å²) in [6.45, 7) is 0.215. The molecule has 0 radical (unpaired) electrons. The highest BCUT2D eigenvalue weighted by molar-refractivity contribution is 5.81. The lowest BCUT2D eigenvalue weighted by Gasteiger charge is -2.10. The van der Waals surface area contributed by atoms with Gasteiger partial charge in [0.25, 0.3) is 0 Å². The number of nitrogens with zero attached hydrogens (tertiary/aromatic N) is 1. The van der Waals surface area contributed by atoms with Crippen LogP contribution in [0.1, 0.15) is 11.3 Å². The molecule has 0 N–H and O–H groups in total. The molecule has 0 amide bonds. The minimum absolute atomic E-state index is 0.208. The summed E-state index contributed by atoms with van der Waals surface area (Å²) in [4.78, 5) is 0. The second kappa shape index (κ2) is 5.40. The van der Waals surface area contributed by atoms with Crippen molar-refractivity contribution >= 4 is 10.9 Å². The van der Waals surface area contributed by atoms with Gasteiger partial charge in [-0.2, -0.15) is 13.2 Å². The third-order valence-electron chi connectivity index (χ3n) is 3.60. The summed E-state index contributed by atoms with van der Waals surface area (Å²) in [7, 11) is 1.91. The van der Waals surface area contributed by atoms with Crippen LogP contribution in [0.5, 0.6) is 5.75 Å². The van der Waals surface area contributed by atoms with Crippen molar-refractivity contribution in [3.05, 3.63) is 65.9 Å². The molecule has 0 aliphatic rings. The SMILES string of the molecule is Cn1c(COc2cccc(C(F)(F)F)c2)cc2ccccc21. The lowest BCUT2D eigenvalue weighted by molar-refractivity contribution is -0.137. The molecule has 3 aromatic rings. The van der Waals surface area contributed by atoms with Crippen LogP contribution in [0.15, 0.2) is 54.6 Å². The van der Waals surface area contributed by atoms with Crippen molar-refractivity contribution in [2.24, 2.45) is 7.05 Å². The maximum Gasteiger partial charge on any atom is 0.416 e. The van der Waals surface area contributed by atoms with E-state index >= 15 is 0 Å². The summed E-state index contributed by atoms with van der Waals surface area (Å²) in [5.74, 6) is 0.208. The van der Waals surface area contributed by atoms with E-state index in [1.165, 1.54) is 12.1 Å². The zero-order valence-electron chi connectivity index (χ0n) is 11.9. The topological polar surface area (TPSA) is 14.2 Å². The number of aryl methyl sites for hydroxylation is 1. The molecule has 0 bridgehead atoms. The molecular formula is C17H14F3NO. The van der Waals surface area contributed by atoms with Gasteiger partial charge in [-0.05, 0) is 35.7 Å². The Morgan fingerprint density at radius 3 is 2.50 bits per heavy atom. The first-order chi connectivity index (χ1) is 10.4. The van der Waals surface area contributed by atoms with E-state index in [-0.39, 0.29) is 12.4 Å². The summed E-state index contributed by atoms with van der Waals surface area (Å²) >= 11 is 0. The van der Waals surface area contributed by atoms with E-state index in [0.717, 1.165) is 28.7 Å². The number of para-hydroxylation sites is 1. The van der Waals surface area contributed by atoms with Crippen LogP contribution in [-0.2, 0) is 19.8 Å². The van der Waals surface area contributed by atoms with Crippen LogP contribution in [0.3, 0.4) is 0 Å². The average molecular weight is 305 g/mol. The molecule has 22 heavy (non-hydrogen) atoms. The van der Waals surface area contributed by atoms with E-state index in [2.05, 4.69) is 0 Å². The molecule has 1 heterocycles. The Bertz CT molecular complexity index is 805. The second-order valence-electron chi connectivity index (χ2n) is 5.07. The molecule has 3 rings (SSSR count). The predicted molar refractivity (Wildman–Crippen MR) is 78.7 cm³/mol. The quantitative estimate of drug-likeness (QED) is 0.679. The van der Waals surface area contributed by atoms with Crippen LogP contribution < -0.4 is 4.74 Å². The Morgan fingerprint density at radius 2 is 1.77 bits per heavy atom. The van der Waals surface area contributed by atoms with E-state index in [9.17, 15) is 13.2 Å². The van der Waals surface area contributed by atoms with Gasteiger partial charge in [0.05, 0.1) is 11.3 Å². The Kier molecular flexibility index (Phi) is 3.56. The van der Waals surface area contributed by atoms with Crippen LogP contribution in [-0.4, -0.2) is 4.57 Å². The van der Waals surface area contributed by atoms with E-state index in [4.69, 9.17) is 4.74 Å². The van der Waals surface area contributed by atoms with Crippen LogP contribution in [0.4, 0.5) is 13.2 Å². The zero-order chi connectivity index (χ0) is 15.7. The van der Waals surface area contributed by atoms with Gasteiger partial charge in [0.15, 0.2) is 0 Å². The highest BCUT2D eigenvalue weighted by Crippen LogP contribution is 2.31. The third-order valence-corrected chi connectivity index (χ3v) is 3.60. The largest absolute Gasteiger partial charge is 0.487 e. The Morgan fingerprint density at radius 1 is 1.00 bits per heavy atom. The van der Waals surface area contributed by atoms with Crippen molar-refractivity contribution in [2.45, 2.75) is 12.8 Å². The molecule has 5 heteroatoms. The summed E-state index contributed by atoms with van der Waals surface area (Å²) in [5.41, 5.74) is 1.26. The van der Waals surface area contributed by atoms with Gasteiger partial charge < -0.3 is 9.30 Å². The summed E-state index contributed by atoms with van der Waals surface area (Å²) < 4.78 is 45.5. The van der Waals surface area contributed by atoms with E-state index in [1.54, 1.807) is 0 Å². The Labute approximate surface area is 125 Å². The van der Waals surface area contributed by atoms with Gasteiger partial charge in [-0.1, -0.05) is 24.3 Å². The number of fused-ring (bicyclic) bond motifs is 1. The summed E-state index contributed by atoms with van der Waals surface area (Å²) in [6.07, 6.45) is -4.36. The number of aromatic nitrogens is 1. The molecule has 0 saturated carbocycles. The monoisotopic (exact) mass is 305 g/mol. The molecule has 114 valence electrons. The smallest absolute Gasteiger partial charge is 0.416 e. The van der Waals surface area contributed by atoms with Gasteiger partial charge in [0.2, 0.25) is 0 Å². The third kappa shape index (κ3) is 2.79. The van der Waals surface area contributed by atoms with Crippen molar-refractivity contribution < 1.29 is 17.9 Å². The van der Waals surface area contributed by atoms with Crippen LogP contribution in [0.2, 0.25) is 0 Å². The highest BCUT2D eigenvalue weighted by atomic mass is 19.4. The fourth-order valence-corrected chi connectivity index (χ4v) is 2.40. The maximum atomic E-state index is 12.7. The van der Waals surface area contributed by atoms with Gasteiger partial charge in [-0.15, -0.1) is 0 Å². The van der Waals surface area contributed by atoms with Crippen molar-refractivity contribution in [1.82, 2.24) is 4.57 Å². The van der Waals surface area contributed by atoms with Gasteiger partial charge in [-0.25, -0.2) is 0 Å². The number of ether oxygens (including phenoxy) is 1. The van der Waals surface area contributed by atoms with Crippen molar-refractivity contribution in [2.75, 3.05) is 0 Å². The number of benzene rings is 2. The first-order valence-electron chi connectivity index (χ1n) is 6.78. The number of rotatable bonds is 3. The average Bonchev–Trinajstić information content (AvgIpc) is 2.82. The second-order valence-corrected chi connectivity index (χ2v) is 5.07. The molecule has 2 nitrogen and oxygen atoms in total. The van der Waals surface area contributed by atoms with Gasteiger partial charge >= 0.3 is 6.18 Å². The minimum Gasteiger partial charge on any atom is -0.487 e. The van der Waals surface area contributed by atoms with Gasteiger partial charge in [-0.3, -0.25) is 0 Å². The standard InChI is InChI=1S/C17H14F3NO/c1-21-14(9-12-5-2-3-8-16(12)21)11-22-15-7-4-6-13(10-15)17(18,19)20/h2-10H,11H2,1H3. The fraction of sp³-hybridized carbons (Fsp3) is 0.176.